The molecule has 21 heavy (non-hydrogen) atoms. The quantitative estimate of drug-likeness (QED) is 0.807. The van der Waals surface area contributed by atoms with Crippen LogP contribution in [0.5, 0.6) is 11.5 Å². The minimum Gasteiger partial charge on any atom is -0.497 e. The number of amides is 2. The first-order valence-electron chi connectivity index (χ1n) is 5.98. The van der Waals surface area contributed by atoms with E-state index in [1.54, 1.807) is 6.92 Å². The Kier molecular flexibility index (Phi) is 5.99. The topological polar surface area (TPSA) is 111 Å². The Labute approximate surface area is 120 Å². The summed E-state index contributed by atoms with van der Waals surface area (Å²) in [4.78, 5) is 33.5. The van der Waals surface area contributed by atoms with Crippen molar-refractivity contribution in [3.8, 4) is 11.5 Å². The van der Waals surface area contributed by atoms with Crippen molar-refractivity contribution in [2.75, 3.05) is 20.3 Å². The van der Waals surface area contributed by atoms with Crippen LogP contribution in [-0.4, -0.2) is 43.4 Å². The van der Waals surface area contributed by atoms with Crippen molar-refractivity contribution in [2.45, 2.75) is 6.92 Å². The molecule has 1 aromatic rings. The third kappa shape index (κ3) is 5.01. The zero-order chi connectivity index (χ0) is 15.8. The molecule has 0 aliphatic heterocycles. The van der Waals surface area contributed by atoms with Crippen molar-refractivity contribution in [2.24, 2.45) is 0 Å². The van der Waals surface area contributed by atoms with Crippen LogP contribution in [0.3, 0.4) is 0 Å². The van der Waals surface area contributed by atoms with Crippen LogP contribution < -0.4 is 14.8 Å². The number of carboxylic acids is 1. The number of carbonyl (C=O) groups is 3. The molecule has 0 spiro atoms. The van der Waals surface area contributed by atoms with Gasteiger partial charge in [0.1, 0.15) is 17.1 Å². The first-order chi connectivity index (χ1) is 9.97. The van der Waals surface area contributed by atoms with Gasteiger partial charge in [0.15, 0.2) is 6.61 Å². The lowest BCUT2D eigenvalue weighted by molar-refractivity contribution is -0.122. The first-order valence-corrected chi connectivity index (χ1v) is 5.98. The van der Waals surface area contributed by atoms with Gasteiger partial charge >= 0.3 is 12.1 Å². The second kappa shape index (κ2) is 7.73. The Balaban J connectivity index is 2.71. The molecule has 0 saturated heterocycles. The molecule has 2 N–H and O–H groups in total. The summed E-state index contributed by atoms with van der Waals surface area (Å²) in [5, 5.41) is 10.9. The van der Waals surface area contributed by atoms with E-state index in [2.05, 4.69) is 4.74 Å². The monoisotopic (exact) mass is 297 g/mol. The molecule has 8 heteroatoms. The van der Waals surface area contributed by atoms with E-state index in [-0.39, 0.29) is 17.9 Å². The number of alkyl carbamates (subject to hydrolysis) is 1. The number of hydrogen-bond donors (Lipinski definition) is 2. The molecule has 0 aliphatic rings. The highest BCUT2D eigenvalue weighted by Crippen LogP contribution is 2.24. The van der Waals surface area contributed by atoms with Gasteiger partial charge in [0.2, 0.25) is 0 Å². The minimum atomic E-state index is -1.21. The smallest absolute Gasteiger partial charge is 0.413 e. The molecule has 0 atom stereocenters. The summed E-state index contributed by atoms with van der Waals surface area (Å²) >= 11 is 0. The highest BCUT2D eigenvalue weighted by Gasteiger charge is 2.15. The Morgan fingerprint density at radius 2 is 2.00 bits per heavy atom. The molecule has 1 aromatic carbocycles. The highest BCUT2D eigenvalue weighted by molar-refractivity contribution is 5.93. The van der Waals surface area contributed by atoms with Gasteiger partial charge in [0.25, 0.3) is 5.91 Å². The fourth-order valence-electron chi connectivity index (χ4n) is 1.39. The maximum absolute atomic E-state index is 11.4. The van der Waals surface area contributed by atoms with E-state index in [0.717, 1.165) is 0 Å². The van der Waals surface area contributed by atoms with Crippen LogP contribution in [0.1, 0.15) is 17.3 Å². The number of carbonyl (C=O) groups excluding carboxylic acids is 2. The summed E-state index contributed by atoms with van der Waals surface area (Å²) in [5.74, 6) is -1.63. The predicted octanol–water partition coefficient (Wildman–Crippen LogP) is 1.04. The number of imide groups is 1. The van der Waals surface area contributed by atoms with Gasteiger partial charge in [0, 0.05) is 6.07 Å². The van der Waals surface area contributed by atoms with Crippen molar-refractivity contribution in [1.82, 2.24) is 5.32 Å². The number of benzene rings is 1. The summed E-state index contributed by atoms with van der Waals surface area (Å²) in [7, 11) is 1.41. The molecule has 0 bridgehead atoms. The van der Waals surface area contributed by atoms with Gasteiger partial charge in [-0.15, -0.1) is 0 Å². The van der Waals surface area contributed by atoms with E-state index < -0.39 is 24.6 Å². The third-order valence-corrected chi connectivity index (χ3v) is 2.29. The van der Waals surface area contributed by atoms with Crippen molar-refractivity contribution in [3.63, 3.8) is 0 Å². The summed E-state index contributed by atoms with van der Waals surface area (Å²) in [6.45, 7) is 1.18. The van der Waals surface area contributed by atoms with Crippen LogP contribution >= 0.6 is 0 Å². The van der Waals surface area contributed by atoms with Crippen LogP contribution in [0.4, 0.5) is 4.79 Å². The van der Waals surface area contributed by atoms with Crippen LogP contribution in [0.25, 0.3) is 0 Å². The number of ether oxygens (including phenoxy) is 3. The van der Waals surface area contributed by atoms with Gasteiger partial charge in [-0.25, -0.2) is 9.59 Å². The van der Waals surface area contributed by atoms with E-state index in [1.165, 1.54) is 25.3 Å². The van der Waals surface area contributed by atoms with E-state index >= 15 is 0 Å². The van der Waals surface area contributed by atoms with Gasteiger partial charge in [-0.05, 0) is 19.1 Å². The first kappa shape index (κ1) is 16.3. The Morgan fingerprint density at radius 1 is 1.29 bits per heavy atom. The van der Waals surface area contributed by atoms with Crippen LogP contribution in [0, 0.1) is 0 Å². The maximum Gasteiger partial charge on any atom is 0.413 e. The van der Waals surface area contributed by atoms with E-state index in [1.807, 2.05) is 5.32 Å². The van der Waals surface area contributed by atoms with Gasteiger partial charge in [-0.1, -0.05) is 0 Å². The maximum atomic E-state index is 11.4. The van der Waals surface area contributed by atoms with Crippen molar-refractivity contribution in [3.05, 3.63) is 23.8 Å². The lowest BCUT2D eigenvalue weighted by Crippen LogP contribution is -2.34. The fourth-order valence-corrected chi connectivity index (χ4v) is 1.39. The third-order valence-electron chi connectivity index (χ3n) is 2.29. The molecule has 0 unspecified atom stereocenters. The van der Waals surface area contributed by atoms with Crippen molar-refractivity contribution < 1.29 is 33.7 Å². The minimum absolute atomic E-state index is 0.0409. The zero-order valence-electron chi connectivity index (χ0n) is 11.5. The number of nitrogens with one attached hydrogen (secondary N) is 1. The van der Waals surface area contributed by atoms with Crippen LogP contribution in [-0.2, 0) is 9.53 Å². The average molecular weight is 297 g/mol. The largest absolute Gasteiger partial charge is 0.497 e. The number of rotatable bonds is 6. The molecule has 1 rings (SSSR count). The molecule has 0 saturated carbocycles. The van der Waals surface area contributed by atoms with Crippen molar-refractivity contribution in [1.29, 1.82) is 0 Å². The molecular weight excluding hydrogens is 282 g/mol. The molecule has 114 valence electrons. The molecule has 0 radical (unpaired) electrons. The molecule has 0 aliphatic carbocycles. The number of aromatic carboxylic acids is 1. The predicted molar refractivity (Wildman–Crippen MR) is 70.6 cm³/mol. The normalized spacial score (nSPS) is 9.62. The van der Waals surface area contributed by atoms with Crippen molar-refractivity contribution >= 4 is 18.0 Å². The molecule has 0 aromatic heterocycles. The molecule has 2 amide bonds. The van der Waals surface area contributed by atoms with E-state index in [9.17, 15) is 14.4 Å². The van der Waals surface area contributed by atoms with Crippen LogP contribution in [0.15, 0.2) is 18.2 Å². The second-order valence-corrected chi connectivity index (χ2v) is 3.72. The fraction of sp³-hybridized carbons (Fsp3) is 0.308. The van der Waals surface area contributed by atoms with Gasteiger partial charge in [0.05, 0.1) is 13.7 Å². The zero-order valence-corrected chi connectivity index (χ0v) is 11.5. The Bertz CT molecular complexity index is 541. The summed E-state index contributed by atoms with van der Waals surface area (Å²) in [6, 6.07) is 4.08. The van der Waals surface area contributed by atoms with Gasteiger partial charge in [-0.2, -0.15) is 0 Å². The number of carboxylic acid groups (broad SMARTS) is 1. The van der Waals surface area contributed by atoms with Crippen LogP contribution in [0.2, 0.25) is 0 Å². The summed E-state index contributed by atoms with van der Waals surface area (Å²) in [6.07, 6.45) is -0.893. The molecule has 8 nitrogen and oxygen atoms in total. The molecule has 0 heterocycles. The van der Waals surface area contributed by atoms with Gasteiger partial charge in [-0.3, -0.25) is 10.1 Å². The molecule has 0 fully saturated rings. The average Bonchev–Trinajstić information content (AvgIpc) is 2.44. The SMILES string of the molecule is CCOC(=O)NC(=O)COc1cc(OC)ccc1C(=O)O. The van der Waals surface area contributed by atoms with Gasteiger partial charge < -0.3 is 19.3 Å². The summed E-state index contributed by atoms with van der Waals surface area (Å²) < 4.78 is 14.6. The second-order valence-electron chi connectivity index (χ2n) is 3.72. The molecular formula is C13H15NO7. The van der Waals surface area contributed by atoms with E-state index in [4.69, 9.17) is 14.6 Å². The Hall–Kier alpha value is -2.77. The lowest BCUT2D eigenvalue weighted by Gasteiger charge is -2.10. The summed E-state index contributed by atoms with van der Waals surface area (Å²) in [5.41, 5.74) is -0.125. The Morgan fingerprint density at radius 3 is 2.57 bits per heavy atom. The number of hydrogen-bond acceptors (Lipinski definition) is 6. The standard InChI is InChI=1S/C13H15NO7/c1-3-20-13(18)14-11(15)7-21-10-6-8(19-2)4-5-9(10)12(16)17/h4-6H,3,7H2,1-2H3,(H,16,17)(H,14,15,18). The highest BCUT2D eigenvalue weighted by atomic mass is 16.5. The van der Waals surface area contributed by atoms with E-state index in [0.29, 0.717) is 5.75 Å². The lowest BCUT2D eigenvalue weighted by atomic mass is 10.2. The number of methoxy groups -OCH3 is 1.